The van der Waals surface area contributed by atoms with E-state index in [0.717, 1.165) is 35.8 Å². The minimum Gasteiger partial charge on any atom is -0.465 e. The molecule has 112 valence electrons. The molecule has 6 nitrogen and oxygen atoms in total. The fourth-order valence-corrected chi connectivity index (χ4v) is 3.52. The fraction of sp³-hybridized carbons (Fsp3) is 0.500. The van der Waals surface area contributed by atoms with Gasteiger partial charge in [-0.1, -0.05) is 5.16 Å². The highest BCUT2D eigenvalue weighted by molar-refractivity contribution is 7.15. The topological polar surface area (TPSA) is 77.2 Å². The molecule has 2 heterocycles. The van der Waals surface area contributed by atoms with Crippen LogP contribution < -0.4 is 5.32 Å². The molecule has 21 heavy (non-hydrogen) atoms. The SMILES string of the molecule is CCOC(=O)C1CCCc2sc(NCc3ccon3)nc21. The van der Waals surface area contributed by atoms with Gasteiger partial charge in [-0.25, -0.2) is 4.98 Å². The number of hydrogen-bond donors (Lipinski definition) is 1. The number of hydrogen-bond acceptors (Lipinski definition) is 7. The molecule has 3 rings (SSSR count). The molecule has 1 atom stereocenters. The molecule has 1 aliphatic carbocycles. The van der Waals surface area contributed by atoms with Gasteiger partial charge in [0.2, 0.25) is 0 Å². The van der Waals surface area contributed by atoms with Crippen molar-refractivity contribution in [2.75, 3.05) is 11.9 Å². The standard InChI is InChI=1S/C14H17N3O3S/c1-2-19-13(18)10-4-3-5-11-12(10)16-14(21-11)15-8-9-6-7-20-17-9/h6-7,10H,2-5,8H2,1H3,(H,15,16). The largest absolute Gasteiger partial charge is 0.465 e. The van der Waals surface area contributed by atoms with E-state index in [1.807, 2.05) is 13.0 Å². The lowest BCUT2D eigenvalue weighted by atomic mass is 9.91. The predicted octanol–water partition coefficient (Wildman–Crippen LogP) is 2.73. The van der Waals surface area contributed by atoms with Gasteiger partial charge in [0.15, 0.2) is 5.13 Å². The fourth-order valence-electron chi connectivity index (χ4n) is 2.46. The van der Waals surface area contributed by atoms with Crippen molar-refractivity contribution in [3.05, 3.63) is 28.6 Å². The molecule has 0 amide bonds. The molecule has 0 radical (unpaired) electrons. The first-order valence-corrected chi connectivity index (χ1v) is 7.89. The van der Waals surface area contributed by atoms with Crippen LogP contribution in [0, 0.1) is 0 Å². The van der Waals surface area contributed by atoms with Crippen LogP contribution in [0.4, 0.5) is 5.13 Å². The Morgan fingerprint density at radius 3 is 3.29 bits per heavy atom. The van der Waals surface area contributed by atoms with E-state index in [1.54, 1.807) is 17.6 Å². The molecule has 2 aromatic rings. The third-order valence-electron chi connectivity index (χ3n) is 3.44. The van der Waals surface area contributed by atoms with Gasteiger partial charge in [-0.15, -0.1) is 11.3 Å². The summed E-state index contributed by atoms with van der Waals surface area (Å²) in [6.45, 7) is 2.80. The van der Waals surface area contributed by atoms with Crippen molar-refractivity contribution >= 4 is 22.4 Å². The Kier molecular flexibility index (Phi) is 4.19. The monoisotopic (exact) mass is 307 g/mol. The van der Waals surface area contributed by atoms with Crippen molar-refractivity contribution in [2.24, 2.45) is 0 Å². The Morgan fingerprint density at radius 1 is 1.62 bits per heavy atom. The molecule has 1 N–H and O–H groups in total. The van der Waals surface area contributed by atoms with Gasteiger partial charge in [0.05, 0.1) is 18.8 Å². The summed E-state index contributed by atoms with van der Waals surface area (Å²) in [6, 6.07) is 1.81. The normalized spacial score (nSPS) is 17.3. The number of nitrogens with zero attached hydrogens (tertiary/aromatic N) is 2. The first-order chi connectivity index (χ1) is 10.3. The van der Waals surface area contributed by atoms with Gasteiger partial charge in [0, 0.05) is 10.9 Å². The average Bonchev–Trinajstić information content (AvgIpc) is 3.13. The van der Waals surface area contributed by atoms with Crippen LogP contribution in [-0.4, -0.2) is 22.7 Å². The van der Waals surface area contributed by atoms with Crippen molar-refractivity contribution in [3.8, 4) is 0 Å². The second kappa shape index (κ2) is 6.26. The molecule has 0 saturated heterocycles. The number of nitrogens with one attached hydrogen (secondary N) is 1. The van der Waals surface area contributed by atoms with Crippen LogP contribution in [0.2, 0.25) is 0 Å². The number of aryl methyl sites for hydroxylation is 1. The molecule has 0 saturated carbocycles. The summed E-state index contributed by atoms with van der Waals surface area (Å²) < 4.78 is 9.94. The number of fused-ring (bicyclic) bond motifs is 1. The summed E-state index contributed by atoms with van der Waals surface area (Å²) in [7, 11) is 0. The minimum atomic E-state index is -0.215. The maximum atomic E-state index is 12.0. The zero-order valence-electron chi connectivity index (χ0n) is 11.8. The quantitative estimate of drug-likeness (QED) is 0.856. The number of anilines is 1. The zero-order valence-corrected chi connectivity index (χ0v) is 12.6. The highest BCUT2D eigenvalue weighted by atomic mass is 32.1. The Bertz CT molecular complexity index is 609. The smallest absolute Gasteiger partial charge is 0.315 e. The Hall–Kier alpha value is -1.89. The van der Waals surface area contributed by atoms with Gasteiger partial charge in [0.1, 0.15) is 17.9 Å². The van der Waals surface area contributed by atoms with Crippen LogP contribution in [0.1, 0.15) is 41.9 Å². The van der Waals surface area contributed by atoms with Crippen molar-refractivity contribution in [1.82, 2.24) is 10.1 Å². The van der Waals surface area contributed by atoms with Gasteiger partial charge in [-0.3, -0.25) is 4.79 Å². The van der Waals surface area contributed by atoms with E-state index >= 15 is 0 Å². The van der Waals surface area contributed by atoms with E-state index < -0.39 is 0 Å². The average molecular weight is 307 g/mol. The maximum absolute atomic E-state index is 12.0. The number of carbonyl (C=O) groups is 1. The van der Waals surface area contributed by atoms with Crippen molar-refractivity contribution in [1.29, 1.82) is 0 Å². The van der Waals surface area contributed by atoms with Gasteiger partial charge >= 0.3 is 5.97 Å². The van der Waals surface area contributed by atoms with E-state index in [2.05, 4.69) is 15.5 Å². The van der Waals surface area contributed by atoms with Crippen molar-refractivity contribution in [3.63, 3.8) is 0 Å². The molecule has 1 aliphatic rings. The van der Waals surface area contributed by atoms with Gasteiger partial charge in [0.25, 0.3) is 0 Å². The number of ether oxygens (including phenoxy) is 1. The van der Waals surface area contributed by atoms with Crippen LogP contribution in [0.25, 0.3) is 0 Å². The molecule has 0 bridgehead atoms. The number of carbonyl (C=O) groups excluding carboxylic acids is 1. The van der Waals surface area contributed by atoms with Gasteiger partial charge in [-0.05, 0) is 26.2 Å². The lowest BCUT2D eigenvalue weighted by molar-refractivity contribution is -0.145. The molecular formula is C14H17N3O3S. The van der Waals surface area contributed by atoms with E-state index in [4.69, 9.17) is 9.26 Å². The maximum Gasteiger partial charge on any atom is 0.315 e. The van der Waals surface area contributed by atoms with Crippen molar-refractivity contribution < 1.29 is 14.1 Å². The molecule has 0 aromatic carbocycles. The molecule has 2 aromatic heterocycles. The third kappa shape index (κ3) is 3.07. The third-order valence-corrected chi connectivity index (χ3v) is 4.53. The number of thiazole rings is 1. The molecule has 0 fully saturated rings. The Balaban J connectivity index is 1.73. The van der Waals surface area contributed by atoms with Crippen LogP contribution in [-0.2, 0) is 22.5 Å². The highest BCUT2D eigenvalue weighted by Crippen LogP contribution is 2.37. The van der Waals surface area contributed by atoms with Crippen molar-refractivity contribution in [2.45, 2.75) is 38.6 Å². The summed E-state index contributed by atoms with van der Waals surface area (Å²) in [4.78, 5) is 17.8. The Morgan fingerprint density at radius 2 is 2.52 bits per heavy atom. The van der Waals surface area contributed by atoms with Crippen LogP contribution in [0.3, 0.4) is 0 Å². The molecule has 7 heteroatoms. The Labute approximate surface area is 126 Å². The van der Waals surface area contributed by atoms with E-state index in [1.165, 1.54) is 4.88 Å². The minimum absolute atomic E-state index is 0.160. The second-order valence-electron chi connectivity index (χ2n) is 4.87. The zero-order chi connectivity index (χ0) is 14.7. The van der Waals surface area contributed by atoms with Crippen LogP contribution >= 0.6 is 11.3 Å². The number of esters is 1. The summed E-state index contributed by atoms with van der Waals surface area (Å²) in [5, 5.41) is 7.89. The molecule has 0 spiro atoms. The van der Waals surface area contributed by atoms with E-state index in [0.29, 0.717) is 13.2 Å². The summed E-state index contributed by atoms with van der Waals surface area (Å²) in [5.41, 5.74) is 1.71. The molecule has 1 unspecified atom stereocenters. The summed E-state index contributed by atoms with van der Waals surface area (Å²) >= 11 is 1.61. The lowest BCUT2D eigenvalue weighted by Gasteiger charge is -2.19. The molecular weight excluding hydrogens is 290 g/mol. The van der Waals surface area contributed by atoms with Gasteiger partial charge < -0.3 is 14.6 Å². The number of aromatic nitrogens is 2. The first kappa shape index (κ1) is 14.1. The first-order valence-electron chi connectivity index (χ1n) is 7.07. The van der Waals surface area contributed by atoms with Crippen LogP contribution in [0.15, 0.2) is 16.9 Å². The molecule has 0 aliphatic heterocycles. The van der Waals surface area contributed by atoms with Gasteiger partial charge in [-0.2, -0.15) is 0 Å². The second-order valence-corrected chi connectivity index (χ2v) is 5.95. The lowest BCUT2D eigenvalue weighted by Crippen LogP contribution is -2.20. The van der Waals surface area contributed by atoms with E-state index in [9.17, 15) is 4.79 Å². The summed E-state index contributed by atoms with van der Waals surface area (Å²) in [6.07, 6.45) is 4.34. The highest BCUT2D eigenvalue weighted by Gasteiger charge is 2.31. The van der Waals surface area contributed by atoms with E-state index in [-0.39, 0.29) is 11.9 Å². The summed E-state index contributed by atoms with van der Waals surface area (Å²) in [5.74, 6) is -0.376. The van der Waals surface area contributed by atoms with Crippen LogP contribution in [0.5, 0.6) is 0 Å². The predicted molar refractivity (Wildman–Crippen MR) is 78.3 cm³/mol. The number of rotatable bonds is 5.